The maximum atomic E-state index is 13.6. The fourth-order valence-electron chi connectivity index (χ4n) is 2.13. The number of nitrogens with zero attached hydrogens (tertiary/aromatic N) is 1. The number of anilines is 1. The first kappa shape index (κ1) is 21.1. The van der Waals surface area contributed by atoms with Crippen LogP contribution in [0.2, 0.25) is 0 Å². The summed E-state index contributed by atoms with van der Waals surface area (Å²) in [5.74, 6) is -4.23. The van der Waals surface area contributed by atoms with Gasteiger partial charge in [0, 0.05) is 5.56 Å². The van der Waals surface area contributed by atoms with Crippen LogP contribution in [0.25, 0.3) is 0 Å². The molecule has 0 fully saturated rings. The lowest BCUT2D eigenvalue weighted by molar-refractivity contribution is -0.126. The molecule has 1 amide bonds. The summed E-state index contributed by atoms with van der Waals surface area (Å²) in [6.07, 6.45) is 0.230. The quantitative estimate of drug-likeness (QED) is 0.418. The number of ether oxygens (including phenoxy) is 2. The Morgan fingerprint density at radius 3 is 2.61 bits per heavy atom. The molecule has 0 radical (unpaired) electrons. The van der Waals surface area contributed by atoms with Crippen LogP contribution >= 0.6 is 0 Å². The number of rotatable bonds is 8. The van der Waals surface area contributed by atoms with E-state index in [1.54, 1.807) is 18.2 Å². The van der Waals surface area contributed by atoms with Crippen LogP contribution in [0.15, 0.2) is 35.5 Å². The maximum absolute atomic E-state index is 13.6. The topological polar surface area (TPSA) is 69.2 Å². The van der Waals surface area contributed by atoms with Gasteiger partial charge in [0.25, 0.3) is 5.91 Å². The molecule has 6 nitrogen and oxygen atoms in total. The van der Waals surface area contributed by atoms with Crippen molar-refractivity contribution in [2.75, 3.05) is 19.0 Å². The fourth-order valence-corrected chi connectivity index (χ4v) is 2.13. The summed E-state index contributed by atoms with van der Waals surface area (Å²) in [4.78, 5) is 17.0. The van der Waals surface area contributed by atoms with Gasteiger partial charge in [0.1, 0.15) is 0 Å². The van der Waals surface area contributed by atoms with Crippen LogP contribution in [0, 0.1) is 17.5 Å². The molecule has 0 heterocycles. The molecule has 0 aliphatic heterocycles. The Balaban J connectivity index is 1.98. The number of amides is 1. The van der Waals surface area contributed by atoms with Crippen molar-refractivity contribution < 1.29 is 32.3 Å². The lowest BCUT2D eigenvalue weighted by atomic mass is 10.2. The van der Waals surface area contributed by atoms with Crippen LogP contribution in [-0.2, 0) is 9.63 Å². The van der Waals surface area contributed by atoms with E-state index in [9.17, 15) is 18.0 Å². The number of oxime groups is 1. The summed E-state index contributed by atoms with van der Waals surface area (Å²) in [6, 6.07) is 6.69. The third-order valence-electron chi connectivity index (χ3n) is 3.57. The van der Waals surface area contributed by atoms with Crippen molar-refractivity contribution >= 4 is 17.8 Å². The SMILES string of the molecule is CCOc1ccc(/C=N/OC(C)C(=O)Nc2ccc(F)c(F)c2F)cc1OC. The Hall–Kier alpha value is -3.23. The van der Waals surface area contributed by atoms with Gasteiger partial charge in [-0.2, -0.15) is 0 Å². The zero-order chi connectivity index (χ0) is 20.7. The molecule has 0 aliphatic carbocycles. The standard InChI is InChI=1S/C19H19F3N2O4/c1-4-27-15-8-5-12(9-16(15)26-3)10-23-28-11(2)19(25)24-14-7-6-13(20)17(21)18(14)22/h5-11H,4H2,1-3H3,(H,24,25)/b23-10+. The van der Waals surface area contributed by atoms with Crippen LogP contribution in [0.5, 0.6) is 11.5 Å². The van der Waals surface area contributed by atoms with Crippen molar-refractivity contribution in [3.05, 3.63) is 53.3 Å². The average Bonchev–Trinajstić information content (AvgIpc) is 2.69. The van der Waals surface area contributed by atoms with Gasteiger partial charge in [-0.15, -0.1) is 0 Å². The molecule has 0 saturated heterocycles. The predicted octanol–water partition coefficient (Wildman–Crippen LogP) is 3.89. The zero-order valence-electron chi connectivity index (χ0n) is 15.5. The molecule has 2 rings (SSSR count). The van der Waals surface area contributed by atoms with Crippen molar-refractivity contribution in [3.8, 4) is 11.5 Å². The summed E-state index contributed by atoms with van der Waals surface area (Å²) in [7, 11) is 1.50. The molecule has 0 spiro atoms. The van der Waals surface area contributed by atoms with E-state index in [2.05, 4.69) is 10.5 Å². The Labute approximate surface area is 159 Å². The van der Waals surface area contributed by atoms with Gasteiger partial charge < -0.3 is 19.6 Å². The molecule has 0 saturated carbocycles. The van der Waals surface area contributed by atoms with Crippen LogP contribution in [0.3, 0.4) is 0 Å². The molecule has 2 aromatic rings. The number of hydrogen-bond acceptors (Lipinski definition) is 5. The number of carbonyl (C=O) groups is 1. The minimum Gasteiger partial charge on any atom is -0.493 e. The Kier molecular flexibility index (Phi) is 7.25. The largest absolute Gasteiger partial charge is 0.493 e. The van der Waals surface area contributed by atoms with E-state index in [1.807, 2.05) is 6.92 Å². The van der Waals surface area contributed by atoms with E-state index in [0.717, 1.165) is 6.07 Å². The van der Waals surface area contributed by atoms with Gasteiger partial charge in [-0.3, -0.25) is 4.79 Å². The Morgan fingerprint density at radius 2 is 1.93 bits per heavy atom. The van der Waals surface area contributed by atoms with Crippen molar-refractivity contribution in [2.45, 2.75) is 20.0 Å². The molecule has 1 atom stereocenters. The number of benzene rings is 2. The zero-order valence-corrected chi connectivity index (χ0v) is 15.5. The smallest absolute Gasteiger partial charge is 0.268 e. The molecule has 1 unspecified atom stereocenters. The maximum Gasteiger partial charge on any atom is 0.268 e. The normalized spacial score (nSPS) is 11.9. The lowest BCUT2D eigenvalue weighted by Crippen LogP contribution is -2.27. The van der Waals surface area contributed by atoms with Crippen LogP contribution in [0.4, 0.5) is 18.9 Å². The van der Waals surface area contributed by atoms with Gasteiger partial charge in [0.15, 0.2) is 29.0 Å². The van der Waals surface area contributed by atoms with Crippen LogP contribution in [-0.4, -0.2) is 31.9 Å². The van der Waals surface area contributed by atoms with Crippen molar-refractivity contribution in [3.63, 3.8) is 0 Å². The predicted molar refractivity (Wildman–Crippen MR) is 97.2 cm³/mol. The molecular formula is C19H19F3N2O4. The van der Waals surface area contributed by atoms with E-state index < -0.39 is 35.2 Å². The third kappa shape index (κ3) is 5.15. The van der Waals surface area contributed by atoms with Gasteiger partial charge in [-0.1, -0.05) is 5.16 Å². The van der Waals surface area contributed by atoms with Crippen molar-refractivity contribution in [1.82, 2.24) is 0 Å². The van der Waals surface area contributed by atoms with E-state index >= 15 is 0 Å². The highest BCUT2D eigenvalue weighted by Gasteiger charge is 2.19. The molecule has 28 heavy (non-hydrogen) atoms. The molecule has 2 aromatic carbocycles. The first-order chi connectivity index (χ1) is 13.4. The third-order valence-corrected chi connectivity index (χ3v) is 3.57. The number of carbonyl (C=O) groups excluding carboxylic acids is 1. The van der Waals surface area contributed by atoms with Gasteiger partial charge in [0.2, 0.25) is 6.10 Å². The highest BCUT2D eigenvalue weighted by Crippen LogP contribution is 2.27. The number of methoxy groups -OCH3 is 1. The summed E-state index contributed by atoms with van der Waals surface area (Å²) >= 11 is 0. The molecule has 0 aromatic heterocycles. The van der Waals surface area contributed by atoms with Crippen LogP contribution < -0.4 is 14.8 Å². The molecule has 150 valence electrons. The summed E-state index contributed by atoms with van der Waals surface area (Å²) in [5.41, 5.74) is 0.124. The number of nitrogens with one attached hydrogen (secondary N) is 1. The molecule has 0 aliphatic rings. The summed E-state index contributed by atoms with van der Waals surface area (Å²) < 4.78 is 50.3. The summed E-state index contributed by atoms with van der Waals surface area (Å²) in [5, 5.41) is 5.81. The second-order valence-corrected chi connectivity index (χ2v) is 5.54. The van der Waals surface area contributed by atoms with E-state index in [4.69, 9.17) is 14.3 Å². The second kappa shape index (κ2) is 9.63. The number of halogens is 3. The van der Waals surface area contributed by atoms with Gasteiger partial charge >= 0.3 is 0 Å². The van der Waals surface area contributed by atoms with E-state index in [0.29, 0.717) is 29.7 Å². The van der Waals surface area contributed by atoms with Crippen LogP contribution in [0.1, 0.15) is 19.4 Å². The molecule has 0 bridgehead atoms. The highest BCUT2D eigenvalue weighted by molar-refractivity contribution is 5.94. The van der Waals surface area contributed by atoms with Crippen molar-refractivity contribution in [2.24, 2.45) is 5.16 Å². The Bertz CT molecular complexity index is 874. The first-order valence-electron chi connectivity index (χ1n) is 8.31. The summed E-state index contributed by atoms with van der Waals surface area (Å²) in [6.45, 7) is 3.70. The van der Waals surface area contributed by atoms with Gasteiger partial charge in [0.05, 0.1) is 25.6 Å². The minimum atomic E-state index is -1.67. The average molecular weight is 396 g/mol. The Morgan fingerprint density at radius 1 is 1.18 bits per heavy atom. The highest BCUT2D eigenvalue weighted by atomic mass is 19.2. The molecular weight excluding hydrogens is 377 g/mol. The molecule has 9 heteroatoms. The monoisotopic (exact) mass is 396 g/mol. The fraction of sp³-hybridized carbons (Fsp3) is 0.263. The molecule has 1 N–H and O–H groups in total. The van der Waals surface area contributed by atoms with Gasteiger partial charge in [-0.05, 0) is 44.2 Å². The van der Waals surface area contributed by atoms with E-state index in [-0.39, 0.29) is 0 Å². The van der Waals surface area contributed by atoms with Crippen molar-refractivity contribution in [1.29, 1.82) is 0 Å². The minimum absolute atomic E-state index is 0.484. The second-order valence-electron chi connectivity index (χ2n) is 5.54. The number of hydrogen-bond donors (Lipinski definition) is 1. The van der Waals surface area contributed by atoms with E-state index in [1.165, 1.54) is 20.2 Å². The lowest BCUT2D eigenvalue weighted by Gasteiger charge is -2.12. The first-order valence-corrected chi connectivity index (χ1v) is 8.31. The van der Waals surface area contributed by atoms with Gasteiger partial charge in [-0.25, -0.2) is 13.2 Å².